The van der Waals surface area contributed by atoms with Crippen molar-refractivity contribution in [1.29, 1.82) is 0 Å². The van der Waals surface area contributed by atoms with Crippen LogP contribution in [0.15, 0.2) is 35.3 Å². The lowest BCUT2D eigenvalue weighted by Gasteiger charge is -2.23. The van der Waals surface area contributed by atoms with Crippen molar-refractivity contribution in [3.05, 3.63) is 35.9 Å². The number of aliphatic imine (C=N–C) groups is 1. The van der Waals surface area contributed by atoms with Gasteiger partial charge in [0.25, 0.3) is 0 Å². The van der Waals surface area contributed by atoms with Crippen LogP contribution >= 0.6 is 0 Å². The first-order valence-electron chi connectivity index (χ1n) is 8.46. The van der Waals surface area contributed by atoms with Crippen molar-refractivity contribution in [2.75, 3.05) is 33.3 Å². The third kappa shape index (κ3) is 4.01. The van der Waals surface area contributed by atoms with E-state index in [1.54, 1.807) is 0 Å². The molecule has 2 atom stereocenters. The summed E-state index contributed by atoms with van der Waals surface area (Å²) in [5, 5.41) is 3.49. The number of ether oxygens (including phenoxy) is 1. The van der Waals surface area contributed by atoms with Gasteiger partial charge in [-0.2, -0.15) is 0 Å². The number of nitrogens with zero attached hydrogens (tertiary/aromatic N) is 2. The molecule has 22 heavy (non-hydrogen) atoms. The number of likely N-dealkylation sites (tertiary alicyclic amines) is 1. The highest BCUT2D eigenvalue weighted by Gasteiger charge is 2.25. The third-order valence-electron chi connectivity index (χ3n) is 4.68. The Hall–Kier alpha value is -1.55. The first-order valence-corrected chi connectivity index (χ1v) is 8.46. The van der Waals surface area contributed by atoms with Crippen molar-refractivity contribution in [2.45, 2.75) is 31.8 Å². The van der Waals surface area contributed by atoms with Crippen LogP contribution in [-0.2, 0) is 11.2 Å². The highest BCUT2D eigenvalue weighted by atomic mass is 16.5. The van der Waals surface area contributed by atoms with E-state index in [1.165, 1.54) is 31.2 Å². The number of rotatable bonds is 4. The largest absolute Gasteiger partial charge is 0.376 e. The van der Waals surface area contributed by atoms with Gasteiger partial charge in [0.15, 0.2) is 5.96 Å². The fraction of sp³-hybridized carbons (Fsp3) is 0.611. The van der Waals surface area contributed by atoms with Crippen molar-refractivity contribution in [3.63, 3.8) is 0 Å². The molecule has 0 aliphatic carbocycles. The lowest BCUT2D eigenvalue weighted by molar-refractivity contribution is 0.113. The maximum atomic E-state index is 5.67. The van der Waals surface area contributed by atoms with Gasteiger partial charge < -0.3 is 15.0 Å². The summed E-state index contributed by atoms with van der Waals surface area (Å²) >= 11 is 0. The van der Waals surface area contributed by atoms with Crippen LogP contribution in [0, 0.1) is 5.92 Å². The average Bonchev–Trinajstić information content (AvgIpc) is 3.21. The molecule has 0 radical (unpaired) electrons. The maximum Gasteiger partial charge on any atom is 0.193 e. The summed E-state index contributed by atoms with van der Waals surface area (Å²) < 4.78 is 5.67. The minimum atomic E-state index is 0.361. The van der Waals surface area contributed by atoms with E-state index in [9.17, 15) is 0 Å². The van der Waals surface area contributed by atoms with E-state index >= 15 is 0 Å². The molecule has 4 heteroatoms. The highest BCUT2D eigenvalue weighted by molar-refractivity contribution is 5.80. The van der Waals surface area contributed by atoms with Crippen LogP contribution in [-0.4, -0.2) is 50.3 Å². The Labute approximate surface area is 133 Å². The molecule has 0 aromatic heterocycles. The second kappa shape index (κ2) is 7.63. The lowest BCUT2D eigenvalue weighted by atomic mass is 9.99. The van der Waals surface area contributed by atoms with Gasteiger partial charge in [-0.3, -0.25) is 4.99 Å². The smallest absolute Gasteiger partial charge is 0.193 e. The maximum absolute atomic E-state index is 5.67. The molecule has 0 amide bonds. The molecule has 4 nitrogen and oxygen atoms in total. The van der Waals surface area contributed by atoms with Gasteiger partial charge in [-0.1, -0.05) is 30.3 Å². The molecule has 2 heterocycles. The molecule has 2 aliphatic rings. The molecule has 3 rings (SSSR count). The minimum absolute atomic E-state index is 0.361. The number of hydrogen-bond acceptors (Lipinski definition) is 2. The summed E-state index contributed by atoms with van der Waals surface area (Å²) in [6.45, 7) is 3.99. The predicted molar refractivity (Wildman–Crippen MR) is 90.2 cm³/mol. The summed E-state index contributed by atoms with van der Waals surface area (Å²) in [5.74, 6) is 1.76. The molecule has 2 fully saturated rings. The van der Waals surface area contributed by atoms with Gasteiger partial charge in [0.05, 0.1) is 6.10 Å². The average molecular weight is 301 g/mol. The molecule has 2 saturated heterocycles. The van der Waals surface area contributed by atoms with Crippen LogP contribution in [0.25, 0.3) is 0 Å². The molecule has 1 aromatic rings. The molecular weight excluding hydrogens is 274 g/mol. The minimum Gasteiger partial charge on any atom is -0.376 e. The van der Waals surface area contributed by atoms with Crippen molar-refractivity contribution >= 4 is 5.96 Å². The summed E-state index contributed by atoms with van der Waals surface area (Å²) in [6.07, 6.45) is 5.13. The van der Waals surface area contributed by atoms with E-state index in [1.807, 2.05) is 7.05 Å². The van der Waals surface area contributed by atoms with Gasteiger partial charge in [-0.05, 0) is 37.2 Å². The Morgan fingerprint density at radius 2 is 2.18 bits per heavy atom. The molecule has 0 bridgehead atoms. The number of nitrogens with one attached hydrogen (secondary N) is 1. The molecule has 2 unspecified atom stereocenters. The fourth-order valence-electron chi connectivity index (χ4n) is 3.48. The van der Waals surface area contributed by atoms with Crippen LogP contribution in [0.1, 0.15) is 24.8 Å². The first-order chi connectivity index (χ1) is 10.8. The fourth-order valence-corrected chi connectivity index (χ4v) is 3.48. The summed E-state index contributed by atoms with van der Waals surface area (Å²) in [7, 11) is 1.88. The summed E-state index contributed by atoms with van der Waals surface area (Å²) in [6, 6.07) is 10.8. The van der Waals surface area contributed by atoms with Crippen molar-refractivity contribution in [2.24, 2.45) is 10.9 Å². The van der Waals surface area contributed by atoms with Crippen LogP contribution in [0.2, 0.25) is 0 Å². The molecule has 2 aliphatic heterocycles. The standard InChI is InChI=1S/C18H27N3O/c1-19-18(20-13-17-8-5-11-22-17)21-10-9-16(14-21)12-15-6-3-2-4-7-15/h2-4,6-7,16-17H,5,8-14H2,1H3,(H,19,20). The van der Waals surface area contributed by atoms with Crippen molar-refractivity contribution < 1.29 is 4.74 Å². The monoisotopic (exact) mass is 301 g/mol. The quantitative estimate of drug-likeness (QED) is 0.685. The van der Waals surface area contributed by atoms with Gasteiger partial charge in [-0.25, -0.2) is 0 Å². The van der Waals surface area contributed by atoms with E-state index in [-0.39, 0.29) is 0 Å². The molecule has 120 valence electrons. The zero-order valence-electron chi connectivity index (χ0n) is 13.5. The van der Waals surface area contributed by atoms with Crippen LogP contribution in [0.3, 0.4) is 0 Å². The SMILES string of the molecule is CN=C(NCC1CCCO1)N1CCC(Cc2ccccc2)C1. The second-order valence-electron chi connectivity index (χ2n) is 6.35. The number of benzene rings is 1. The van der Waals surface area contributed by atoms with Gasteiger partial charge in [0, 0.05) is 33.3 Å². The Morgan fingerprint density at radius 3 is 2.91 bits per heavy atom. The Bertz CT molecular complexity index is 482. The zero-order valence-corrected chi connectivity index (χ0v) is 13.5. The third-order valence-corrected chi connectivity index (χ3v) is 4.68. The zero-order chi connectivity index (χ0) is 15.2. The van der Waals surface area contributed by atoms with Crippen molar-refractivity contribution in [3.8, 4) is 0 Å². The number of hydrogen-bond donors (Lipinski definition) is 1. The normalized spacial score (nSPS) is 25.7. The van der Waals surface area contributed by atoms with Crippen LogP contribution < -0.4 is 5.32 Å². The van der Waals surface area contributed by atoms with Crippen LogP contribution in [0.4, 0.5) is 0 Å². The van der Waals surface area contributed by atoms with Gasteiger partial charge in [0.1, 0.15) is 0 Å². The Balaban J connectivity index is 1.47. The highest BCUT2D eigenvalue weighted by Crippen LogP contribution is 2.21. The van der Waals surface area contributed by atoms with E-state index < -0.39 is 0 Å². The Kier molecular flexibility index (Phi) is 5.33. The lowest BCUT2D eigenvalue weighted by Crippen LogP contribution is -2.43. The van der Waals surface area contributed by atoms with E-state index in [0.29, 0.717) is 6.10 Å². The molecular formula is C18H27N3O. The van der Waals surface area contributed by atoms with Gasteiger partial charge in [0.2, 0.25) is 0 Å². The topological polar surface area (TPSA) is 36.9 Å². The molecule has 0 spiro atoms. The van der Waals surface area contributed by atoms with E-state index in [0.717, 1.165) is 38.1 Å². The second-order valence-corrected chi connectivity index (χ2v) is 6.35. The van der Waals surface area contributed by atoms with Crippen molar-refractivity contribution in [1.82, 2.24) is 10.2 Å². The molecule has 0 saturated carbocycles. The molecule has 1 N–H and O–H groups in total. The summed E-state index contributed by atoms with van der Waals surface area (Å²) in [4.78, 5) is 6.84. The summed E-state index contributed by atoms with van der Waals surface area (Å²) in [5.41, 5.74) is 1.44. The molecule has 1 aromatic carbocycles. The van der Waals surface area contributed by atoms with E-state index in [2.05, 4.69) is 45.5 Å². The van der Waals surface area contributed by atoms with Crippen LogP contribution in [0.5, 0.6) is 0 Å². The Morgan fingerprint density at radius 1 is 1.32 bits per heavy atom. The number of guanidine groups is 1. The first kappa shape index (κ1) is 15.3. The predicted octanol–water partition coefficient (Wildman–Crippen LogP) is 2.31. The van der Waals surface area contributed by atoms with Gasteiger partial charge in [-0.15, -0.1) is 0 Å². The van der Waals surface area contributed by atoms with E-state index in [4.69, 9.17) is 4.74 Å². The van der Waals surface area contributed by atoms with Gasteiger partial charge >= 0.3 is 0 Å².